The Morgan fingerprint density at radius 2 is 1.41 bits per heavy atom. The molecule has 0 fully saturated rings. The second-order valence-electron chi connectivity index (χ2n) is 10.8. The maximum atomic E-state index is 9.42. The fourth-order valence-corrected chi connectivity index (χ4v) is 5.71. The molecule has 0 unspecified atom stereocenters. The van der Waals surface area contributed by atoms with Crippen LogP contribution in [0.25, 0.3) is 0 Å². The van der Waals surface area contributed by atoms with Crippen LogP contribution in [-0.4, -0.2) is 46.8 Å². The van der Waals surface area contributed by atoms with Gasteiger partial charge in [-0.15, -0.1) is 0 Å². The van der Waals surface area contributed by atoms with Gasteiger partial charge >= 0.3 is 0 Å². The zero-order valence-corrected chi connectivity index (χ0v) is 22.7. The highest BCUT2D eigenvalue weighted by atomic mass is 16.3. The first-order valence-corrected chi connectivity index (χ1v) is 13.4. The zero-order valence-electron chi connectivity index (χ0n) is 22.7. The Hall–Kier alpha value is -3.21. The van der Waals surface area contributed by atoms with Crippen molar-refractivity contribution in [2.24, 2.45) is 0 Å². The number of hydrogen-bond acceptors (Lipinski definition) is 3. The van der Waals surface area contributed by atoms with E-state index in [2.05, 4.69) is 128 Å². The average molecular weight is 498 g/mol. The van der Waals surface area contributed by atoms with Gasteiger partial charge in [-0.05, 0) is 38.0 Å². The van der Waals surface area contributed by atoms with E-state index in [1.54, 1.807) is 0 Å². The Bertz CT molecular complexity index is 1260. The van der Waals surface area contributed by atoms with Crippen molar-refractivity contribution in [3.05, 3.63) is 108 Å². The van der Waals surface area contributed by atoms with Crippen molar-refractivity contribution < 1.29 is 14.8 Å². The van der Waals surface area contributed by atoms with E-state index in [0.29, 0.717) is 0 Å². The molecule has 0 bridgehead atoms. The summed E-state index contributed by atoms with van der Waals surface area (Å²) in [5.41, 5.74) is 7.47. The number of para-hydroxylation sites is 2. The largest absolute Gasteiger partial charge is 0.396 e. The van der Waals surface area contributed by atoms with Crippen molar-refractivity contribution in [3.8, 4) is 0 Å². The van der Waals surface area contributed by atoms with Crippen molar-refractivity contribution in [1.29, 1.82) is 0 Å². The Kier molecular flexibility index (Phi) is 8.31. The molecule has 0 aromatic heterocycles. The molecule has 4 rings (SSSR count). The lowest BCUT2D eigenvalue weighted by Gasteiger charge is -2.26. The molecule has 2 heterocycles. The molecular formula is C33H41N2O2+. The van der Waals surface area contributed by atoms with Gasteiger partial charge in [0.15, 0.2) is 12.3 Å². The second kappa shape index (κ2) is 11.5. The molecule has 0 amide bonds. The van der Waals surface area contributed by atoms with E-state index in [1.807, 2.05) is 0 Å². The van der Waals surface area contributed by atoms with E-state index in [9.17, 15) is 10.2 Å². The van der Waals surface area contributed by atoms with Gasteiger partial charge in [0.2, 0.25) is 5.69 Å². The number of nitrogens with zero attached hydrogens (tertiary/aromatic N) is 2. The highest BCUT2D eigenvalue weighted by Crippen LogP contribution is 2.47. The predicted molar refractivity (Wildman–Crippen MR) is 155 cm³/mol. The third kappa shape index (κ3) is 5.27. The molecule has 37 heavy (non-hydrogen) atoms. The van der Waals surface area contributed by atoms with Gasteiger partial charge in [-0.2, -0.15) is 4.58 Å². The zero-order chi connectivity index (χ0) is 26.5. The van der Waals surface area contributed by atoms with Gasteiger partial charge in [-0.25, -0.2) is 0 Å². The highest BCUT2D eigenvalue weighted by Gasteiger charge is 2.43. The van der Waals surface area contributed by atoms with Gasteiger partial charge in [0.25, 0.3) is 0 Å². The van der Waals surface area contributed by atoms with Crippen LogP contribution in [-0.2, 0) is 10.8 Å². The van der Waals surface area contributed by atoms with Crippen LogP contribution in [0, 0.1) is 0 Å². The topological polar surface area (TPSA) is 46.7 Å². The number of anilines is 1. The molecule has 0 saturated carbocycles. The van der Waals surface area contributed by atoms with Crippen molar-refractivity contribution in [3.63, 3.8) is 0 Å². The van der Waals surface area contributed by atoms with E-state index in [1.165, 1.54) is 33.9 Å². The van der Waals surface area contributed by atoms with E-state index < -0.39 is 0 Å². The summed E-state index contributed by atoms with van der Waals surface area (Å²) >= 11 is 0. The molecular weight excluding hydrogens is 456 g/mol. The molecule has 2 aromatic rings. The van der Waals surface area contributed by atoms with Crippen LogP contribution in [0.4, 0.5) is 11.4 Å². The van der Waals surface area contributed by atoms with E-state index in [-0.39, 0.29) is 24.0 Å². The maximum absolute atomic E-state index is 9.42. The molecule has 194 valence electrons. The number of rotatable bonds is 10. The van der Waals surface area contributed by atoms with Crippen molar-refractivity contribution in [2.45, 2.75) is 51.4 Å². The summed E-state index contributed by atoms with van der Waals surface area (Å²) in [4.78, 5) is 2.34. The van der Waals surface area contributed by atoms with Gasteiger partial charge in [-0.3, -0.25) is 0 Å². The van der Waals surface area contributed by atoms with Gasteiger partial charge in [-0.1, -0.05) is 80.6 Å². The van der Waals surface area contributed by atoms with Gasteiger partial charge < -0.3 is 15.1 Å². The number of allylic oxidation sites excluding steroid dienone is 8. The quantitative estimate of drug-likeness (QED) is 0.304. The predicted octanol–water partition coefficient (Wildman–Crippen LogP) is 6.18. The fourth-order valence-electron chi connectivity index (χ4n) is 5.71. The molecule has 4 heteroatoms. The second-order valence-corrected chi connectivity index (χ2v) is 10.8. The van der Waals surface area contributed by atoms with Crippen LogP contribution in [0.2, 0.25) is 0 Å². The van der Waals surface area contributed by atoms with Gasteiger partial charge in [0.05, 0.1) is 5.41 Å². The van der Waals surface area contributed by atoms with Crippen LogP contribution in [0.5, 0.6) is 0 Å². The molecule has 2 aliphatic heterocycles. The molecule has 2 N–H and O–H groups in total. The first kappa shape index (κ1) is 26.8. The minimum absolute atomic E-state index is 0.0856. The Morgan fingerprint density at radius 3 is 2.16 bits per heavy atom. The van der Waals surface area contributed by atoms with Crippen LogP contribution >= 0.6 is 0 Å². The standard InChI is InChI=1S/C33H41N2O2/c1-32(2)26-16-10-12-18-28(26)34(22-14-24-36)30(32)20-8-6-5-7-9-21-31-33(3,4)27-17-11-13-19-29(27)35(31)23-15-25-37/h5-13,16-21,36-37H,14-15,22-25H2,1-4H3/q+1. The average Bonchev–Trinajstić information content (AvgIpc) is 3.24. The molecule has 0 aliphatic carbocycles. The highest BCUT2D eigenvalue weighted by molar-refractivity contribution is 6.03. The molecule has 0 spiro atoms. The van der Waals surface area contributed by atoms with Crippen LogP contribution in [0.15, 0.2) is 96.8 Å². The summed E-state index contributed by atoms with van der Waals surface area (Å²) in [6.45, 7) is 11.1. The monoisotopic (exact) mass is 497 g/mol. The summed E-state index contributed by atoms with van der Waals surface area (Å²) < 4.78 is 2.34. The lowest BCUT2D eigenvalue weighted by Crippen LogP contribution is -2.28. The Balaban J connectivity index is 1.51. The van der Waals surface area contributed by atoms with Gasteiger partial charge in [0.1, 0.15) is 0 Å². The summed E-state index contributed by atoms with van der Waals surface area (Å²) in [7, 11) is 0. The SMILES string of the molecule is CC1(C)C(/C=C/C=C/C=C/C=C2\N(CCCO)c3ccccc3C2(C)C)=[N+](CCCO)c2ccccc21. The van der Waals surface area contributed by atoms with Crippen LogP contribution in [0.3, 0.4) is 0 Å². The first-order valence-electron chi connectivity index (χ1n) is 13.4. The normalized spacial score (nSPS) is 19.2. The minimum atomic E-state index is -0.0856. The van der Waals surface area contributed by atoms with Crippen molar-refractivity contribution >= 4 is 17.1 Å². The number of aliphatic hydroxyl groups excluding tert-OH is 2. The van der Waals surface area contributed by atoms with Crippen LogP contribution < -0.4 is 4.90 Å². The Labute approximate surface area is 222 Å². The molecule has 0 atom stereocenters. The maximum Gasteiger partial charge on any atom is 0.209 e. The fraction of sp³-hybridized carbons (Fsp3) is 0.364. The molecule has 2 aromatic carbocycles. The summed E-state index contributed by atoms with van der Waals surface area (Å²) in [5.74, 6) is 0. The first-order chi connectivity index (χ1) is 17.8. The van der Waals surface area contributed by atoms with Crippen molar-refractivity contribution in [2.75, 3.05) is 31.2 Å². The van der Waals surface area contributed by atoms with Crippen LogP contribution in [0.1, 0.15) is 51.7 Å². The Morgan fingerprint density at radius 1 is 0.757 bits per heavy atom. The van der Waals surface area contributed by atoms with E-state index >= 15 is 0 Å². The smallest absolute Gasteiger partial charge is 0.209 e. The summed E-state index contributed by atoms with van der Waals surface area (Å²) in [6, 6.07) is 17.1. The third-order valence-corrected chi connectivity index (χ3v) is 7.63. The molecule has 2 aliphatic rings. The minimum Gasteiger partial charge on any atom is -0.396 e. The lowest BCUT2D eigenvalue weighted by molar-refractivity contribution is -0.438. The number of hydrogen-bond donors (Lipinski definition) is 2. The molecule has 0 saturated heterocycles. The molecule has 0 radical (unpaired) electrons. The van der Waals surface area contributed by atoms with Crippen molar-refractivity contribution in [1.82, 2.24) is 0 Å². The summed E-state index contributed by atoms with van der Waals surface area (Å²) in [5, 5.41) is 18.8. The number of aliphatic hydroxyl groups is 2. The summed E-state index contributed by atoms with van der Waals surface area (Å²) in [6.07, 6.45) is 16.3. The lowest BCUT2D eigenvalue weighted by atomic mass is 9.81. The number of fused-ring (bicyclic) bond motifs is 2. The number of benzene rings is 2. The molecule has 4 nitrogen and oxygen atoms in total. The van der Waals surface area contributed by atoms with Gasteiger partial charge in [0, 0.05) is 60.7 Å². The van der Waals surface area contributed by atoms with E-state index in [0.717, 1.165) is 25.9 Å². The third-order valence-electron chi connectivity index (χ3n) is 7.63. The van der Waals surface area contributed by atoms with E-state index in [4.69, 9.17) is 0 Å².